The molecule has 4 amide bonds. The molecule has 16 heteroatoms. The largest absolute Gasteiger partial charge is 0.451 e. The number of likely N-dealkylation sites (N-methyl/N-ethyl adjacent to an activating group) is 4. The molecule has 0 saturated carbocycles. The number of Topliss-reactive ketones (excluding diaryl/α,β-unsaturated/α-hetero) is 1. The lowest BCUT2D eigenvalue weighted by Gasteiger charge is -2.34. The first-order chi connectivity index (χ1) is 32.2. The first-order valence-corrected chi connectivity index (χ1v) is 24.1. The molecule has 0 spiro atoms. The Balaban J connectivity index is 2.41. The highest BCUT2D eigenvalue weighted by Gasteiger charge is 2.41. The fourth-order valence-electron chi connectivity index (χ4n) is 8.03. The number of carbonyl (C=O) groups is 8. The maximum Gasteiger partial charge on any atom is 0.329 e. The van der Waals surface area contributed by atoms with E-state index in [1.54, 1.807) is 54.6 Å². The van der Waals surface area contributed by atoms with Crippen molar-refractivity contribution in [2.24, 2.45) is 23.7 Å². The Morgan fingerprint density at radius 1 is 0.435 bits per heavy atom. The smallest absolute Gasteiger partial charge is 0.329 e. The van der Waals surface area contributed by atoms with Crippen molar-refractivity contribution in [1.82, 2.24) is 19.6 Å². The molecule has 0 unspecified atom stereocenters. The van der Waals surface area contributed by atoms with E-state index in [2.05, 4.69) is 0 Å². The number of aliphatic hydroxyl groups is 1. The predicted octanol–water partition coefficient (Wildman–Crippen LogP) is 5.69. The zero-order valence-corrected chi connectivity index (χ0v) is 43.7. The molecule has 0 heterocycles. The summed E-state index contributed by atoms with van der Waals surface area (Å²) < 4.78 is 17.5. The summed E-state index contributed by atoms with van der Waals surface area (Å²) in [7, 11) is 5.66. The average Bonchev–Trinajstić information content (AvgIpc) is 3.28. The fourth-order valence-corrected chi connectivity index (χ4v) is 8.03. The topological polar surface area (TPSA) is 197 Å². The molecule has 0 fully saturated rings. The number of esters is 3. The van der Waals surface area contributed by atoms with Crippen LogP contribution in [-0.4, -0.2) is 149 Å². The van der Waals surface area contributed by atoms with Crippen molar-refractivity contribution in [3.8, 4) is 0 Å². The third-order valence-corrected chi connectivity index (χ3v) is 12.0. The zero-order chi connectivity index (χ0) is 52.4. The van der Waals surface area contributed by atoms with Gasteiger partial charge in [0.25, 0.3) is 23.6 Å². The van der Waals surface area contributed by atoms with Gasteiger partial charge in [0.15, 0.2) is 24.1 Å². The van der Waals surface area contributed by atoms with Crippen LogP contribution in [0.3, 0.4) is 0 Å². The third-order valence-electron chi connectivity index (χ3n) is 12.0. The summed E-state index contributed by atoms with van der Waals surface area (Å²) in [6, 6.07) is 13.5. The molecule has 0 radical (unpaired) electrons. The summed E-state index contributed by atoms with van der Waals surface area (Å²) in [5.41, 5.74) is 1.37. The minimum absolute atomic E-state index is 0.0300. The second kappa shape index (κ2) is 28.1. The van der Waals surface area contributed by atoms with Gasteiger partial charge in [0.2, 0.25) is 0 Å². The Bertz CT molecular complexity index is 2010. The minimum Gasteiger partial charge on any atom is -0.451 e. The van der Waals surface area contributed by atoms with E-state index >= 15 is 0 Å². The summed E-state index contributed by atoms with van der Waals surface area (Å²) in [6.07, 6.45) is -4.88. The van der Waals surface area contributed by atoms with Gasteiger partial charge >= 0.3 is 17.9 Å². The van der Waals surface area contributed by atoms with E-state index < -0.39 is 90.1 Å². The van der Waals surface area contributed by atoms with E-state index in [1.807, 2.05) is 61.5 Å². The number of hydrogen-bond donors (Lipinski definition) is 1. The summed E-state index contributed by atoms with van der Waals surface area (Å²) in [6.45, 7) is 19.2. The molecule has 2 aromatic carbocycles. The predicted molar refractivity (Wildman–Crippen MR) is 262 cm³/mol. The van der Waals surface area contributed by atoms with Crippen molar-refractivity contribution in [2.75, 3.05) is 28.2 Å². The highest BCUT2D eigenvalue weighted by atomic mass is 16.6. The maximum atomic E-state index is 14.6. The van der Waals surface area contributed by atoms with E-state index in [1.165, 1.54) is 53.9 Å². The van der Waals surface area contributed by atoms with E-state index in [9.17, 15) is 43.5 Å². The number of benzene rings is 2. The summed E-state index contributed by atoms with van der Waals surface area (Å²) in [4.78, 5) is 115. The normalized spacial score (nSPS) is 15.0. The first-order valence-electron chi connectivity index (χ1n) is 24.1. The number of aliphatic hydroxyl groups excluding tert-OH is 1. The molecule has 69 heavy (non-hydrogen) atoms. The van der Waals surface area contributed by atoms with Crippen LogP contribution >= 0.6 is 0 Å². The van der Waals surface area contributed by atoms with Gasteiger partial charge in [-0.3, -0.25) is 24.0 Å². The molecule has 1 N–H and O–H groups in total. The second-order valence-corrected chi connectivity index (χ2v) is 20.0. The Morgan fingerprint density at radius 3 is 1.10 bits per heavy atom. The highest BCUT2D eigenvalue weighted by Crippen LogP contribution is 2.22. The minimum atomic E-state index is -1.49. The molecule has 0 saturated heterocycles. The van der Waals surface area contributed by atoms with E-state index in [0.29, 0.717) is 12.0 Å². The molecule has 2 rings (SSSR count). The molecule has 0 aromatic heterocycles. The number of nitrogens with zero attached hydrogens (tertiary/aromatic N) is 4. The number of amides is 4. The van der Waals surface area contributed by atoms with E-state index in [4.69, 9.17) is 14.2 Å². The molecule has 0 aliphatic rings. The van der Waals surface area contributed by atoms with Crippen molar-refractivity contribution < 1.29 is 57.7 Å². The Labute approximate surface area is 410 Å². The lowest BCUT2D eigenvalue weighted by molar-refractivity contribution is -0.174. The number of carbonyl (C=O) groups excluding carboxylic acids is 8. The molecule has 2 aromatic rings. The van der Waals surface area contributed by atoms with Crippen molar-refractivity contribution in [1.29, 1.82) is 0 Å². The van der Waals surface area contributed by atoms with Gasteiger partial charge in [-0.2, -0.15) is 0 Å². The molecule has 0 bridgehead atoms. The molecular formula is C53H80N4O12. The summed E-state index contributed by atoms with van der Waals surface area (Å²) in [5.74, 6) is -5.86. The molecule has 384 valence electrons. The second-order valence-electron chi connectivity index (χ2n) is 20.0. The van der Waals surface area contributed by atoms with Crippen LogP contribution in [0, 0.1) is 23.7 Å². The van der Waals surface area contributed by atoms with E-state index in [-0.39, 0.29) is 61.6 Å². The summed E-state index contributed by atoms with van der Waals surface area (Å²) in [5, 5.41) is 10.8. The molecule has 0 aliphatic carbocycles. The molecule has 16 nitrogen and oxygen atoms in total. The van der Waals surface area contributed by atoms with Crippen LogP contribution in [0.1, 0.15) is 113 Å². The van der Waals surface area contributed by atoms with Crippen molar-refractivity contribution in [3.63, 3.8) is 0 Å². The standard InChI is InChI=1S/C53H80N4O12/c1-32(2)26-41(36(9)58)54(12)47(60)37(10)67-52(65)43(28-34(5)6)57(15)50(63)46(31-40-24-20-17-21-25-40)69-53(66)44(29-35(7)8)55(13)48(61)38(11)68-51(64)42(27-33(3)4)56(14)49(62)45(59)30-39-22-18-16-19-23-39/h16-25,32-35,37-38,41-46,59H,26-31H2,1-15H3/t37-,38-,41+,42+,43+,44+,45-,46-/m1/s1. The number of hydrogen-bond acceptors (Lipinski definition) is 12. The van der Waals surface area contributed by atoms with Gasteiger partial charge in [0.05, 0.1) is 6.04 Å². The van der Waals surface area contributed by atoms with Crippen molar-refractivity contribution >= 4 is 47.3 Å². The number of ether oxygens (including phenoxy) is 3. The quantitative estimate of drug-likeness (QED) is 0.0850. The number of ketones is 1. The van der Waals surface area contributed by atoms with Gasteiger partial charge in [0, 0.05) is 41.0 Å². The SMILES string of the molecule is CC(=O)[C@H](CC(C)C)N(C)C(=O)[C@@H](C)OC(=O)[C@H](CC(C)C)N(C)C(=O)[C@@H](Cc1ccccc1)OC(=O)[C@H](CC(C)C)N(C)C(=O)[C@@H](C)OC(=O)[C@H](CC(C)C)N(C)C(=O)[C@H](O)Cc1ccccc1. The van der Waals surface area contributed by atoms with Crippen LogP contribution in [0.15, 0.2) is 60.7 Å². The fraction of sp³-hybridized carbons (Fsp3) is 0.623. The van der Waals surface area contributed by atoms with Crippen LogP contribution in [0.5, 0.6) is 0 Å². The molecule has 8 atom stereocenters. The van der Waals surface area contributed by atoms with Crippen LogP contribution in [0.2, 0.25) is 0 Å². The van der Waals surface area contributed by atoms with E-state index in [0.717, 1.165) is 20.3 Å². The monoisotopic (exact) mass is 965 g/mol. The Morgan fingerprint density at radius 2 is 0.739 bits per heavy atom. The van der Waals surface area contributed by atoms with Gasteiger partial charge in [-0.15, -0.1) is 0 Å². The van der Waals surface area contributed by atoms with Crippen LogP contribution in [0.4, 0.5) is 0 Å². The molecular weight excluding hydrogens is 885 g/mol. The van der Waals surface area contributed by atoms with Gasteiger partial charge in [-0.05, 0) is 81.3 Å². The van der Waals surface area contributed by atoms with Crippen molar-refractivity contribution in [2.45, 2.75) is 163 Å². The first kappa shape index (κ1) is 59.5. The van der Waals surface area contributed by atoms with Gasteiger partial charge in [-0.25, -0.2) is 14.4 Å². The highest BCUT2D eigenvalue weighted by molar-refractivity contribution is 5.93. The lowest BCUT2D eigenvalue weighted by Crippen LogP contribution is -2.53. The van der Waals surface area contributed by atoms with Crippen LogP contribution in [0.25, 0.3) is 0 Å². The summed E-state index contributed by atoms with van der Waals surface area (Å²) >= 11 is 0. The van der Waals surface area contributed by atoms with Crippen LogP contribution < -0.4 is 0 Å². The van der Waals surface area contributed by atoms with Crippen molar-refractivity contribution in [3.05, 3.63) is 71.8 Å². The van der Waals surface area contributed by atoms with Gasteiger partial charge in [-0.1, -0.05) is 116 Å². The zero-order valence-electron chi connectivity index (χ0n) is 43.7. The Hall–Kier alpha value is -5.64. The average molecular weight is 965 g/mol. The lowest BCUT2D eigenvalue weighted by atomic mass is 9.99. The maximum absolute atomic E-state index is 14.6. The molecule has 0 aliphatic heterocycles. The third kappa shape index (κ3) is 18.7. The van der Waals surface area contributed by atoms with Crippen LogP contribution in [-0.2, 0) is 65.4 Å². The van der Waals surface area contributed by atoms with Gasteiger partial charge in [0.1, 0.15) is 24.2 Å². The Kier molecular flexibility index (Phi) is 24.2. The number of rotatable bonds is 27. The van der Waals surface area contributed by atoms with Gasteiger partial charge < -0.3 is 38.9 Å².